The quantitative estimate of drug-likeness (QED) is 0.796. The van der Waals surface area contributed by atoms with Gasteiger partial charge in [-0.15, -0.1) is 0 Å². The van der Waals surface area contributed by atoms with Gasteiger partial charge in [-0.25, -0.2) is 0 Å². The van der Waals surface area contributed by atoms with E-state index in [1.165, 1.54) is 24.2 Å². The lowest BCUT2D eigenvalue weighted by atomic mass is 10.2. The highest BCUT2D eigenvalue weighted by Gasteiger charge is 2.27. The Bertz CT molecular complexity index is 291. The molecule has 2 N–H and O–H groups in total. The lowest BCUT2D eigenvalue weighted by Crippen LogP contribution is -2.12. The Kier molecular flexibility index (Phi) is 2.59. The molecule has 14 heavy (non-hydrogen) atoms. The normalized spacial score (nSPS) is 18.5. The van der Waals surface area contributed by atoms with Crippen molar-refractivity contribution >= 4 is 0 Å². The maximum atomic E-state index is 5.93. The van der Waals surface area contributed by atoms with Crippen LogP contribution in [0.1, 0.15) is 56.6 Å². The summed E-state index contributed by atoms with van der Waals surface area (Å²) in [5.41, 5.74) is 8.33. The second kappa shape index (κ2) is 3.73. The zero-order chi connectivity index (χ0) is 10.1. The first-order chi connectivity index (χ1) is 6.72. The molecular weight excluding hydrogens is 174 g/mol. The number of aromatic nitrogens is 2. The first-order valence-electron chi connectivity index (χ1n) is 5.56. The number of hydrogen-bond acceptors (Lipinski definition) is 2. The molecule has 78 valence electrons. The third-order valence-corrected chi connectivity index (χ3v) is 2.68. The summed E-state index contributed by atoms with van der Waals surface area (Å²) >= 11 is 0. The van der Waals surface area contributed by atoms with E-state index < -0.39 is 0 Å². The molecule has 1 atom stereocenters. The summed E-state index contributed by atoms with van der Waals surface area (Å²) in [6.45, 7) is 4.22. The molecule has 1 heterocycles. The summed E-state index contributed by atoms with van der Waals surface area (Å²) in [6.07, 6.45) is 4.76. The molecule has 0 saturated heterocycles. The van der Waals surface area contributed by atoms with Gasteiger partial charge < -0.3 is 5.73 Å². The molecule has 3 heteroatoms. The van der Waals surface area contributed by atoms with Crippen molar-refractivity contribution in [3.05, 3.63) is 17.5 Å². The van der Waals surface area contributed by atoms with Gasteiger partial charge in [-0.1, -0.05) is 13.3 Å². The molecule has 1 aromatic heterocycles. The van der Waals surface area contributed by atoms with Crippen LogP contribution in [-0.4, -0.2) is 9.78 Å². The fraction of sp³-hybridized carbons (Fsp3) is 0.727. The Hall–Kier alpha value is -0.830. The topological polar surface area (TPSA) is 43.8 Å². The number of hydrogen-bond donors (Lipinski definition) is 1. The fourth-order valence-corrected chi connectivity index (χ4v) is 1.79. The molecular formula is C11H19N3. The van der Waals surface area contributed by atoms with Crippen molar-refractivity contribution in [1.29, 1.82) is 0 Å². The van der Waals surface area contributed by atoms with Crippen molar-refractivity contribution in [1.82, 2.24) is 9.78 Å². The Morgan fingerprint density at radius 1 is 1.64 bits per heavy atom. The van der Waals surface area contributed by atoms with Crippen LogP contribution < -0.4 is 5.73 Å². The minimum absolute atomic E-state index is 0.105. The van der Waals surface area contributed by atoms with Gasteiger partial charge in [0, 0.05) is 6.04 Å². The van der Waals surface area contributed by atoms with Gasteiger partial charge in [0.1, 0.15) is 0 Å². The van der Waals surface area contributed by atoms with Crippen molar-refractivity contribution in [3.8, 4) is 0 Å². The SMILES string of the molecule is CCCc1cc([C@H](C)N)n(C2CC2)n1. The highest BCUT2D eigenvalue weighted by Crippen LogP contribution is 2.36. The molecule has 0 unspecified atom stereocenters. The highest BCUT2D eigenvalue weighted by molar-refractivity contribution is 5.15. The van der Waals surface area contributed by atoms with E-state index in [1.807, 2.05) is 6.92 Å². The van der Waals surface area contributed by atoms with Crippen LogP contribution in [0, 0.1) is 0 Å². The molecule has 1 aromatic rings. The maximum absolute atomic E-state index is 5.93. The molecule has 1 aliphatic carbocycles. The molecule has 1 fully saturated rings. The molecule has 0 radical (unpaired) electrons. The van der Waals surface area contributed by atoms with E-state index >= 15 is 0 Å². The minimum Gasteiger partial charge on any atom is -0.323 e. The third kappa shape index (κ3) is 1.82. The second-order valence-electron chi connectivity index (χ2n) is 4.27. The average molecular weight is 193 g/mol. The van der Waals surface area contributed by atoms with Crippen LogP contribution in [0.3, 0.4) is 0 Å². The summed E-state index contributed by atoms with van der Waals surface area (Å²) in [7, 11) is 0. The van der Waals surface area contributed by atoms with Crippen LogP contribution in [0.2, 0.25) is 0 Å². The molecule has 0 amide bonds. The van der Waals surface area contributed by atoms with Crippen LogP contribution in [0.25, 0.3) is 0 Å². The highest BCUT2D eigenvalue weighted by atomic mass is 15.3. The summed E-state index contributed by atoms with van der Waals surface area (Å²) in [5.74, 6) is 0. The number of rotatable bonds is 4. The van der Waals surface area contributed by atoms with E-state index in [2.05, 4.69) is 22.8 Å². The van der Waals surface area contributed by atoms with Gasteiger partial charge in [0.2, 0.25) is 0 Å². The first-order valence-corrected chi connectivity index (χ1v) is 5.56. The van der Waals surface area contributed by atoms with E-state index in [0.717, 1.165) is 12.8 Å². The Labute approximate surface area is 85.3 Å². The predicted octanol–water partition coefficient (Wildman–Crippen LogP) is 2.19. The van der Waals surface area contributed by atoms with E-state index in [4.69, 9.17) is 5.73 Å². The molecule has 0 bridgehead atoms. The summed E-state index contributed by atoms with van der Waals surface area (Å²) < 4.78 is 2.15. The summed E-state index contributed by atoms with van der Waals surface area (Å²) in [6, 6.07) is 2.92. The summed E-state index contributed by atoms with van der Waals surface area (Å²) in [4.78, 5) is 0. The minimum atomic E-state index is 0.105. The van der Waals surface area contributed by atoms with Gasteiger partial charge in [0.05, 0.1) is 17.4 Å². The lowest BCUT2D eigenvalue weighted by Gasteiger charge is -2.07. The fourth-order valence-electron chi connectivity index (χ4n) is 1.79. The van der Waals surface area contributed by atoms with Gasteiger partial charge >= 0.3 is 0 Å². The predicted molar refractivity (Wildman–Crippen MR) is 57.1 cm³/mol. The van der Waals surface area contributed by atoms with Crippen molar-refractivity contribution in [3.63, 3.8) is 0 Å². The van der Waals surface area contributed by atoms with Crippen LogP contribution in [-0.2, 0) is 6.42 Å². The molecule has 2 rings (SSSR count). The Morgan fingerprint density at radius 2 is 2.36 bits per heavy atom. The van der Waals surface area contributed by atoms with Crippen LogP contribution in [0.4, 0.5) is 0 Å². The smallest absolute Gasteiger partial charge is 0.0628 e. The standard InChI is InChI=1S/C11H19N3/c1-3-4-9-7-11(8(2)12)14(13-9)10-5-6-10/h7-8,10H,3-6,12H2,1-2H3/t8-/m0/s1. The van der Waals surface area contributed by atoms with Gasteiger partial charge in [-0.2, -0.15) is 5.10 Å². The number of nitrogens with two attached hydrogens (primary N) is 1. The lowest BCUT2D eigenvalue weighted by molar-refractivity contribution is 0.570. The first kappa shape index (κ1) is 9.71. The van der Waals surface area contributed by atoms with Crippen LogP contribution in [0.5, 0.6) is 0 Å². The molecule has 0 aliphatic heterocycles. The molecule has 3 nitrogen and oxygen atoms in total. The molecule has 1 aliphatic rings. The van der Waals surface area contributed by atoms with Crippen molar-refractivity contribution in [2.75, 3.05) is 0 Å². The van der Waals surface area contributed by atoms with Crippen LogP contribution >= 0.6 is 0 Å². The maximum Gasteiger partial charge on any atom is 0.0628 e. The monoisotopic (exact) mass is 193 g/mol. The molecule has 0 spiro atoms. The van der Waals surface area contributed by atoms with Crippen molar-refractivity contribution in [2.45, 2.75) is 51.6 Å². The van der Waals surface area contributed by atoms with Crippen molar-refractivity contribution < 1.29 is 0 Å². The van der Waals surface area contributed by atoms with Gasteiger partial charge in [0.25, 0.3) is 0 Å². The van der Waals surface area contributed by atoms with E-state index in [1.54, 1.807) is 0 Å². The van der Waals surface area contributed by atoms with E-state index in [0.29, 0.717) is 6.04 Å². The van der Waals surface area contributed by atoms with Gasteiger partial charge in [0.15, 0.2) is 0 Å². The number of aryl methyl sites for hydroxylation is 1. The largest absolute Gasteiger partial charge is 0.323 e. The van der Waals surface area contributed by atoms with Gasteiger partial charge in [-0.3, -0.25) is 4.68 Å². The zero-order valence-corrected chi connectivity index (χ0v) is 9.03. The number of nitrogens with zero attached hydrogens (tertiary/aromatic N) is 2. The van der Waals surface area contributed by atoms with E-state index in [9.17, 15) is 0 Å². The average Bonchev–Trinajstić information content (AvgIpc) is 2.88. The molecule has 0 aromatic carbocycles. The second-order valence-corrected chi connectivity index (χ2v) is 4.27. The Balaban J connectivity index is 2.25. The van der Waals surface area contributed by atoms with Crippen LogP contribution in [0.15, 0.2) is 6.07 Å². The summed E-state index contributed by atoms with van der Waals surface area (Å²) in [5, 5.41) is 4.62. The van der Waals surface area contributed by atoms with E-state index in [-0.39, 0.29) is 6.04 Å². The van der Waals surface area contributed by atoms with Crippen molar-refractivity contribution in [2.24, 2.45) is 5.73 Å². The zero-order valence-electron chi connectivity index (χ0n) is 9.03. The Morgan fingerprint density at radius 3 is 2.86 bits per heavy atom. The van der Waals surface area contributed by atoms with Gasteiger partial charge in [-0.05, 0) is 32.3 Å². The molecule has 1 saturated carbocycles. The third-order valence-electron chi connectivity index (χ3n) is 2.68.